The van der Waals surface area contributed by atoms with Gasteiger partial charge in [-0.2, -0.15) is 0 Å². The Morgan fingerprint density at radius 3 is 2.25 bits per heavy atom. The van der Waals surface area contributed by atoms with Crippen LogP contribution in [0.25, 0.3) is 21.3 Å². The van der Waals surface area contributed by atoms with Crippen LogP contribution in [-0.4, -0.2) is 45.5 Å². The monoisotopic (exact) mass is 451 g/mol. The molecule has 32 heavy (non-hydrogen) atoms. The summed E-state index contributed by atoms with van der Waals surface area (Å²) in [6.45, 7) is 0.563. The predicted molar refractivity (Wildman–Crippen MR) is 128 cm³/mol. The Hall–Kier alpha value is -3.52. The molecule has 4 aromatic rings. The first-order valence-corrected chi connectivity index (χ1v) is 10.8. The van der Waals surface area contributed by atoms with Crippen molar-refractivity contribution in [1.29, 1.82) is 0 Å². The van der Waals surface area contributed by atoms with Gasteiger partial charge in [-0.15, -0.1) is 11.3 Å². The molecule has 7 nitrogen and oxygen atoms in total. The van der Waals surface area contributed by atoms with Gasteiger partial charge in [0, 0.05) is 30.1 Å². The maximum absolute atomic E-state index is 5.66. The lowest BCUT2D eigenvalue weighted by Gasteiger charge is -2.22. The van der Waals surface area contributed by atoms with E-state index in [-0.39, 0.29) is 0 Å². The second-order valence-electron chi connectivity index (χ2n) is 7.10. The third-order valence-corrected chi connectivity index (χ3v) is 6.19. The lowest BCUT2D eigenvalue weighted by atomic mass is 10.1. The zero-order valence-electron chi connectivity index (χ0n) is 18.7. The number of methoxy groups -OCH3 is 4. The van der Waals surface area contributed by atoms with Crippen molar-refractivity contribution in [2.45, 2.75) is 6.54 Å². The van der Waals surface area contributed by atoms with Gasteiger partial charge in [0.15, 0.2) is 11.5 Å². The van der Waals surface area contributed by atoms with E-state index in [2.05, 4.69) is 32.4 Å². The van der Waals surface area contributed by atoms with E-state index in [0.29, 0.717) is 23.8 Å². The molecule has 2 aromatic heterocycles. The zero-order valence-corrected chi connectivity index (χ0v) is 19.5. The Bertz CT molecular complexity index is 1220. The average molecular weight is 452 g/mol. The SMILES string of the molecule is COc1ccc(-c2csc3ncnc(N(C)Cc4ccc(OC)c(OC)c4OC)c23)cc1. The average Bonchev–Trinajstić information content (AvgIpc) is 3.28. The molecule has 2 aromatic carbocycles. The van der Waals surface area contributed by atoms with Crippen molar-refractivity contribution in [1.82, 2.24) is 9.97 Å². The van der Waals surface area contributed by atoms with Crippen LogP contribution in [0, 0.1) is 0 Å². The molecule has 166 valence electrons. The molecule has 0 radical (unpaired) electrons. The third kappa shape index (κ3) is 3.89. The van der Waals surface area contributed by atoms with Crippen LogP contribution in [0.3, 0.4) is 0 Å². The van der Waals surface area contributed by atoms with Crippen molar-refractivity contribution < 1.29 is 18.9 Å². The molecule has 0 saturated carbocycles. The second-order valence-corrected chi connectivity index (χ2v) is 7.96. The Morgan fingerprint density at radius 1 is 0.844 bits per heavy atom. The van der Waals surface area contributed by atoms with Crippen LogP contribution >= 0.6 is 11.3 Å². The molecule has 0 N–H and O–H groups in total. The van der Waals surface area contributed by atoms with Crippen molar-refractivity contribution in [2.75, 3.05) is 40.4 Å². The Kier molecular flexibility index (Phi) is 6.32. The number of hydrogen-bond donors (Lipinski definition) is 0. The van der Waals surface area contributed by atoms with Gasteiger partial charge in [0.05, 0.1) is 33.8 Å². The Labute approximate surface area is 191 Å². The van der Waals surface area contributed by atoms with Crippen LogP contribution in [0.5, 0.6) is 23.0 Å². The van der Waals surface area contributed by atoms with Gasteiger partial charge < -0.3 is 23.8 Å². The summed E-state index contributed by atoms with van der Waals surface area (Å²) in [7, 11) is 8.52. The summed E-state index contributed by atoms with van der Waals surface area (Å²) < 4.78 is 21.9. The third-order valence-electron chi connectivity index (χ3n) is 5.31. The standard InChI is InChI=1S/C24H25N3O4S/c1-27(12-16-8-11-19(29-3)22(31-5)21(16)30-4)23-20-18(13-32-24(20)26-14-25-23)15-6-9-17(28-2)10-7-15/h6-11,13-14H,12H2,1-5H3. The van der Waals surface area contributed by atoms with Crippen LogP contribution in [0.15, 0.2) is 48.1 Å². The number of hydrogen-bond acceptors (Lipinski definition) is 8. The minimum atomic E-state index is 0.563. The molecular weight excluding hydrogens is 426 g/mol. The van der Waals surface area contributed by atoms with Gasteiger partial charge in [0.25, 0.3) is 0 Å². The first-order valence-electron chi connectivity index (χ1n) is 9.96. The van der Waals surface area contributed by atoms with E-state index in [4.69, 9.17) is 18.9 Å². The molecular formula is C24H25N3O4S. The first-order chi connectivity index (χ1) is 15.6. The molecule has 0 saturated heterocycles. The highest BCUT2D eigenvalue weighted by Gasteiger charge is 2.20. The molecule has 0 aliphatic carbocycles. The number of fused-ring (bicyclic) bond motifs is 1. The van der Waals surface area contributed by atoms with Gasteiger partial charge >= 0.3 is 0 Å². The molecule has 4 rings (SSSR count). The highest BCUT2D eigenvalue weighted by Crippen LogP contribution is 2.42. The minimum absolute atomic E-state index is 0.563. The van der Waals surface area contributed by atoms with Crippen molar-refractivity contribution in [3.63, 3.8) is 0 Å². The summed E-state index contributed by atoms with van der Waals surface area (Å²) in [5.41, 5.74) is 3.14. The predicted octanol–water partition coefficient (Wildman–Crippen LogP) is 5.03. The molecule has 2 heterocycles. The molecule has 0 fully saturated rings. The van der Waals surface area contributed by atoms with Crippen LogP contribution in [0.2, 0.25) is 0 Å². The van der Waals surface area contributed by atoms with Gasteiger partial charge in [-0.3, -0.25) is 0 Å². The fraction of sp³-hybridized carbons (Fsp3) is 0.250. The maximum atomic E-state index is 5.66. The number of benzene rings is 2. The highest BCUT2D eigenvalue weighted by atomic mass is 32.1. The van der Waals surface area contributed by atoms with Crippen LogP contribution in [-0.2, 0) is 6.54 Å². The van der Waals surface area contributed by atoms with Crippen molar-refractivity contribution in [3.8, 4) is 34.1 Å². The van der Waals surface area contributed by atoms with E-state index in [1.54, 1.807) is 46.1 Å². The van der Waals surface area contributed by atoms with Crippen LogP contribution in [0.1, 0.15) is 5.56 Å². The van der Waals surface area contributed by atoms with Crippen molar-refractivity contribution >= 4 is 27.4 Å². The molecule has 0 unspecified atom stereocenters. The van der Waals surface area contributed by atoms with Crippen molar-refractivity contribution in [2.24, 2.45) is 0 Å². The number of thiophene rings is 1. The summed E-state index contributed by atoms with van der Waals surface area (Å²) in [5.74, 6) is 3.51. The van der Waals surface area contributed by atoms with E-state index in [1.165, 1.54) is 0 Å². The summed E-state index contributed by atoms with van der Waals surface area (Å²) in [5, 5.41) is 3.14. The Morgan fingerprint density at radius 2 is 1.59 bits per heavy atom. The molecule has 0 atom stereocenters. The van der Waals surface area contributed by atoms with E-state index >= 15 is 0 Å². The van der Waals surface area contributed by atoms with E-state index in [1.807, 2.05) is 31.3 Å². The summed E-state index contributed by atoms with van der Waals surface area (Å²) in [6, 6.07) is 11.9. The Balaban J connectivity index is 1.75. The quantitative estimate of drug-likeness (QED) is 0.372. The van der Waals surface area contributed by atoms with E-state index in [0.717, 1.165) is 38.5 Å². The number of rotatable bonds is 8. The smallest absolute Gasteiger partial charge is 0.203 e. The normalized spacial score (nSPS) is 10.8. The number of ether oxygens (including phenoxy) is 4. The zero-order chi connectivity index (χ0) is 22.7. The molecule has 0 bridgehead atoms. The lowest BCUT2D eigenvalue weighted by molar-refractivity contribution is 0.322. The fourth-order valence-corrected chi connectivity index (χ4v) is 4.66. The molecule has 0 aliphatic heterocycles. The first kappa shape index (κ1) is 21.7. The number of anilines is 1. The lowest BCUT2D eigenvalue weighted by Crippen LogP contribution is -2.19. The summed E-state index contributed by atoms with van der Waals surface area (Å²) >= 11 is 1.61. The summed E-state index contributed by atoms with van der Waals surface area (Å²) in [6.07, 6.45) is 1.61. The van der Waals surface area contributed by atoms with Gasteiger partial charge in [0.1, 0.15) is 22.7 Å². The van der Waals surface area contributed by atoms with Gasteiger partial charge in [-0.05, 0) is 29.8 Å². The second kappa shape index (κ2) is 9.32. The van der Waals surface area contributed by atoms with Gasteiger partial charge in [-0.1, -0.05) is 12.1 Å². The molecule has 0 amide bonds. The topological polar surface area (TPSA) is 65.9 Å². The van der Waals surface area contributed by atoms with Gasteiger partial charge in [0.2, 0.25) is 5.75 Å². The molecule has 8 heteroatoms. The highest BCUT2D eigenvalue weighted by molar-refractivity contribution is 7.17. The number of aromatic nitrogens is 2. The van der Waals surface area contributed by atoms with Gasteiger partial charge in [-0.25, -0.2) is 9.97 Å². The molecule has 0 aliphatic rings. The summed E-state index contributed by atoms with van der Waals surface area (Å²) in [4.78, 5) is 12.1. The van der Waals surface area contributed by atoms with E-state index < -0.39 is 0 Å². The number of nitrogens with zero attached hydrogens (tertiary/aromatic N) is 3. The van der Waals surface area contributed by atoms with Crippen LogP contribution in [0.4, 0.5) is 5.82 Å². The van der Waals surface area contributed by atoms with Crippen molar-refractivity contribution in [3.05, 3.63) is 53.7 Å². The minimum Gasteiger partial charge on any atom is -0.497 e. The maximum Gasteiger partial charge on any atom is 0.203 e. The molecule has 0 spiro atoms. The van der Waals surface area contributed by atoms with E-state index in [9.17, 15) is 0 Å². The van der Waals surface area contributed by atoms with Crippen LogP contribution < -0.4 is 23.8 Å². The fourth-order valence-electron chi connectivity index (χ4n) is 3.75. The largest absolute Gasteiger partial charge is 0.497 e.